The molecule has 0 heterocycles. The lowest BCUT2D eigenvalue weighted by Crippen LogP contribution is -2.61. The Bertz CT molecular complexity index is 701. The van der Waals surface area contributed by atoms with Crippen molar-refractivity contribution in [3.8, 4) is 0 Å². The van der Waals surface area contributed by atoms with Crippen LogP contribution in [0.4, 0.5) is 0 Å². The quantitative estimate of drug-likeness (QED) is 0.757. The van der Waals surface area contributed by atoms with E-state index in [9.17, 15) is 4.79 Å². The molecule has 0 unspecified atom stereocenters. The molecule has 0 N–H and O–H groups in total. The van der Waals surface area contributed by atoms with Crippen molar-refractivity contribution in [2.45, 2.75) is 50.5 Å². The first-order chi connectivity index (χ1) is 12.7. The molecule has 0 aliphatic heterocycles. The van der Waals surface area contributed by atoms with Gasteiger partial charge in [0.1, 0.15) is 5.78 Å². The van der Waals surface area contributed by atoms with E-state index in [1.165, 1.54) is 11.1 Å². The molecular weight excluding hydrogens is 318 g/mol. The second-order valence-electron chi connectivity index (χ2n) is 8.01. The average molecular weight is 348 g/mol. The lowest BCUT2D eigenvalue weighted by molar-refractivity contribution is -0.139. The van der Waals surface area contributed by atoms with Gasteiger partial charge in [-0.25, -0.2) is 0 Å². The van der Waals surface area contributed by atoms with Crippen LogP contribution in [0.3, 0.4) is 0 Å². The highest BCUT2D eigenvalue weighted by Crippen LogP contribution is 2.58. The third-order valence-corrected chi connectivity index (χ3v) is 6.83. The lowest BCUT2D eigenvalue weighted by Gasteiger charge is -2.58. The number of benzene rings is 2. The van der Waals surface area contributed by atoms with Gasteiger partial charge in [0.2, 0.25) is 0 Å². The first-order valence-electron chi connectivity index (χ1n) is 10.1. The van der Waals surface area contributed by atoms with Crippen molar-refractivity contribution >= 4 is 5.78 Å². The molecule has 2 aromatic rings. The summed E-state index contributed by atoms with van der Waals surface area (Å²) < 4.78 is 0. The third-order valence-electron chi connectivity index (χ3n) is 6.83. The normalized spacial score (nSPS) is 30.7. The Hall–Kier alpha value is -1.93. The summed E-state index contributed by atoms with van der Waals surface area (Å²) in [5.74, 6) is 1.25. The average Bonchev–Trinajstić information content (AvgIpc) is 2.69. The minimum atomic E-state index is 0.0103. The molecule has 0 saturated heterocycles. The van der Waals surface area contributed by atoms with E-state index in [1.807, 2.05) is 0 Å². The molecule has 2 aromatic carbocycles. The van der Waals surface area contributed by atoms with Gasteiger partial charge >= 0.3 is 0 Å². The van der Waals surface area contributed by atoms with Crippen LogP contribution in [0.1, 0.15) is 56.1 Å². The largest absolute Gasteiger partial charge is 0.299 e. The number of nitrogens with zero attached hydrogens (tertiary/aromatic N) is 1. The number of carbonyl (C=O) groups excluding carboxylic acids is 1. The molecule has 26 heavy (non-hydrogen) atoms. The van der Waals surface area contributed by atoms with Crippen LogP contribution in [0.15, 0.2) is 60.7 Å². The van der Waals surface area contributed by atoms with Gasteiger partial charge in [-0.3, -0.25) is 9.69 Å². The third kappa shape index (κ3) is 2.81. The number of ketones is 1. The summed E-state index contributed by atoms with van der Waals surface area (Å²) in [4.78, 5) is 15.9. The smallest absolute Gasteiger partial charge is 0.139 e. The fraction of sp³-hybridized carbons (Fsp3) is 0.458. The second-order valence-corrected chi connectivity index (χ2v) is 8.01. The molecule has 136 valence electrons. The Morgan fingerprint density at radius 1 is 0.846 bits per heavy atom. The van der Waals surface area contributed by atoms with Crippen LogP contribution >= 0.6 is 0 Å². The van der Waals surface area contributed by atoms with E-state index in [-0.39, 0.29) is 11.5 Å². The molecule has 0 spiro atoms. The summed E-state index contributed by atoms with van der Waals surface area (Å²) in [5.41, 5.74) is 2.68. The maximum Gasteiger partial charge on any atom is 0.139 e. The van der Waals surface area contributed by atoms with Crippen LogP contribution in [-0.2, 0) is 4.79 Å². The Morgan fingerprint density at radius 2 is 1.31 bits per heavy atom. The van der Waals surface area contributed by atoms with E-state index in [4.69, 9.17) is 0 Å². The van der Waals surface area contributed by atoms with Crippen LogP contribution in [0, 0.1) is 5.92 Å². The summed E-state index contributed by atoms with van der Waals surface area (Å²) >= 11 is 0. The molecule has 2 nitrogen and oxygen atoms in total. The van der Waals surface area contributed by atoms with Gasteiger partial charge in [-0.2, -0.15) is 0 Å². The van der Waals surface area contributed by atoms with E-state index in [0.29, 0.717) is 17.6 Å². The molecule has 3 aliphatic rings. The van der Waals surface area contributed by atoms with Crippen molar-refractivity contribution in [3.63, 3.8) is 0 Å². The molecule has 3 saturated carbocycles. The second kappa shape index (κ2) is 7.00. The van der Waals surface area contributed by atoms with Crippen LogP contribution in [-0.4, -0.2) is 29.3 Å². The predicted octanol–water partition coefficient (Wildman–Crippen LogP) is 5.02. The standard InChI is InChI=1S/C24H29NO/c1-3-25(4-2)24-15-20(18-11-7-5-8-12-18)23(22(26)17-24)21(16-24)19-13-9-6-10-14-19/h5-14,20-21,23H,3-4,15-17H2,1-2H3/t20-,21-,23?,24?/m0/s1. The van der Waals surface area contributed by atoms with Gasteiger partial charge in [0.05, 0.1) is 0 Å². The van der Waals surface area contributed by atoms with E-state index in [2.05, 4.69) is 79.4 Å². The van der Waals surface area contributed by atoms with Crippen LogP contribution in [0.5, 0.6) is 0 Å². The molecule has 2 bridgehead atoms. The summed E-state index contributed by atoms with van der Waals surface area (Å²) in [6.07, 6.45) is 2.95. The van der Waals surface area contributed by atoms with E-state index in [0.717, 1.165) is 32.4 Å². The molecule has 3 fully saturated rings. The minimum Gasteiger partial charge on any atom is -0.299 e. The van der Waals surface area contributed by atoms with Gasteiger partial charge in [0, 0.05) is 17.9 Å². The van der Waals surface area contributed by atoms with Gasteiger partial charge in [-0.05, 0) is 48.9 Å². The fourth-order valence-corrected chi connectivity index (χ4v) is 5.79. The molecular formula is C24H29NO. The van der Waals surface area contributed by atoms with Crippen molar-refractivity contribution in [1.29, 1.82) is 0 Å². The van der Waals surface area contributed by atoms with Crippen LogP contribution in [0.2, 0.25) is 0 Å². The zero-order chi connectivity index (χ0) is 18.1. The Kier molecular flexibility index (Phi) is 4.71. The van der Waals surface area contributed by atoms with Crippen molar-refractivity contribution < 1.29 is 4.79 Å². The molecule has 0 radical (unpaired) electrons. The van der Waals surface area contributed by atoms with Crippen molar-refractivity contribution in [2.75, 3.05) is 13.1 Å². The summed E-state index contributed by atoms with van der Waals surface area (Å²) in [6.45, 7) is 6.49. The molecule has 0 amide bonds. The first-order valence-corrected chi connectivity index (χ1v) is 10.1. The van der Waals surface area contributed by atoms with E-state index in [1.54, 1.807) is 0 Å². The van der Waals surface area contributed by atoms with E-state index >= 15 is 0 Å². The number of hydrogen-bond acceptors (Lipinski definition) is 2. The van der Waals surface area contributed by atoms with Crippen molar-refractivity contribution in [3.05, 3.63) is 71.8 Å². The van der Waals surface area contributed by atoms with E-state index < -0.39 is 0 Å². The van der Waals surface area contributed by atoms with Crippen molar-refractivity contribution in [2.24, 2.45) is 5.92 Å². The first kappa shape index (κ1) is 17.5. The Balaban J connectivity index is 1.81. The Labute approximate surface area is 157 Å². The monoisotopic (exact) mass is 347 g/mol. The SMILES string of the molecule is CCN(CC)C12CC(=O)C([C@H](c3ccccc3)C1)[C@H](c1ccccc1)C2. The lowest BCUT2D eigenvalue weighted by atomic mass is 9.52. The van der Waals surface area contributed by atoms with Gasteiger partial charge in [-0.1, -0.05) is 74.5 Å². The summed E-state index contributed by atoms with van der Waals surface area (Å²) in [7, 11) is 0. The summed E-state index contributed by atoms with van der Waals surface area (Å²) in [6, 6.07) is 21.5. The highest BCUT2D eigenvalue weighted by molar-refractivity contribution is 5.86. The highest BCUT2D eigenvalue weighted by Gasteiger charge is 2.57. The maximum atomic E-state index is 13.3. The number of rotatable bonds is 5. The maximum absolute atomic E-state index is 13.3. The van der Waals surface area contributed by atoms with Gasteiger partial charge < -0.3 is 0 Å². The van der Waals surface area contributed by atoms with Crippen LogP contribution < -0.4 is 0 Å². The number of carbonyl (C=O) groups is 1. The zero-order valence-corrected chi connectivity index (χ0v) is 15.9. The molecule has 0 aromatic heterocycles. The number of hydrogen-bond donors (Lipinski definition) is 0. The van der Waals surface area contributed by atoms with Crippen molar-refractivity contribution in [1.82, 2.24) is 4.90 Å². The number of Topliss-reactive ketones (excluding diaryl/α,β-unsaturated/α-hetero) is 1. The molecule has 3 aliphatic carbocycles. The minimum absolute atomic E-state index is 0.0103. The fourth-order valence-electron chi connectivity index (χ4n) is 5.79. The van der Waals surface area contributed by atoms with Crippen LogP contribution in [0.25, 0.3) is 0 Å². The predicted molar refractivity (Wildman–Crippen MR) is 106 cm³/mol. The molecule has 2 atom stereocenters. The van der Waals surface area contributed by atoms with Gasteiger partial charge in [0.25, 0.3) is 0 Å². The van der Waals surface area contributed by atoms with Gasteiger partial charge in [0.15, 0.2) is 0 Å². The van der Waals surface area contributed by atoms with Gasteiger partial charge in [-0.15, -0.1) is 0 Å². The zero-order valence-electron chi connectivity index (χ0n) is 15.9. The molecule has 5 rings (SSSR count). The highest BCUT2D eigenvalue weighted by atomic mass is 16.1. The number of fused-ring (bicyclic) bond motifs is 3. The molecule has 2 heteroatoms. The Morgan fingerprint density at radius 3 is 1.73 bits per heavy atom. The summed E-state index contributed by atoms with van der Waals surface area (Å²) in [5, 5.41) is 0. The topological polar surface area (TPSA) is 20.3 Å².